The number of rotatable bonds is 11. The maximum absolute atomic E-state index is 14.1. The van der Waals surface area contributed by atoms with E-state index >= 15 is 0 Å². The van der Waals surface area contributed by atoms with Gasteiger partial charge in [-0.1, -0.05) is 60.7 Å². The number of halogens is 3. The molecule has 0 aromatic heterocycles. The number of ether oxygens (including phenoxy) is 8. The fourth-order valence-corrected chi connectivity index (χ4v) is 7.93. The minimum absolute atomic E-state index is 0.141. The number of benzene rings is 3. The van der Waals surface area contributed by atoms with E-state index in [2.05, 4.69) is 0 Å². The number of alkyl halides is 3. The van der Waals surface area contributed by atoms with Crippen molar-refractivity contribution in [3.63, 3.8) is 0 Å². The van der Waals surface area contributed by atoms with E-state index in [0.717, 1.165) is 18.2 Å². The third-order valence-corrected chi connectivity index (χ3v) is 10.4. The molecule has 0 aliphatic carbocycles. The third-order valence-electron chi connectivity index (χ3n) is 9.06. The summed E-state index contributed by atoms with van der Waals surface area (Å²) in [6, 6.07) is 20.4. The molecule has 10 atom stereocenters. The van der Waals surface area contributed by atoms with Gasteiger partial charge in [-0.2, -0.15) is 21.6 Å². The first-order valence-electron chi connectivity index (χ1n) is 16.9. The van der Waals surface area contributed by atoms with Gasteiger partial charge in [-0.3, -0.25) is 4.18 Å². The molecular weight excluding hydrogens is 725 g/mol. The number of fused-ring (bicyclic) bond motifs is 1. The highest BCUT2D eigenvalue weighted by Gasteiger charge is 2.58. The summed E-state index contributed by atoms with van der Waals surface area (Å²) in [7, 11) is -3.82. The van der Waals surface area contributed by atoms with Crippen molar-refractivity contribution in [2.45, 2.75) is 113 Å². The van der Waals surface area contributed by atoms with Crippen LogP contribution in [0, 0.1) is 0 Å². The van der Waals surface area contributed by atoms with Crippen LogP contribution in [0.2, 0.25) is 0 Å². The maximum Gasteiger partial charge on any atom is 0.417 e. The van der Waals surface area contributed by atoms with Crippen LogP contribution in [0.15, 0.2) is 89.8 Å². The van der Waals surface area contributed by atoms with Crippen molar-refractivity contribution in [2.24, 2.45) is 0 Å². The number of methoxy groups -OCH3 is 1. The van der Waals surface area contributed by atoms with Crippen LogP contribution in [0.3, 0.4) is 0 Å². The third kappa shape index (κ3) is 8.77. The molecule has 3 aromatic carbocycles. The molecule has 0 amide bonds. The Hall–Kier alpha value is -3.45. The molecule has 53 heavy (non-hydrogen) atoms. The maximum atomic E-state index is 14.1. The Morgan fingerprint density at radius 3 is 2.02 bits per heavy atom. The standard InChI is InChI=1S/C37H41F3O12S/c1-21-27(48-33(41)24-16-10-7-11-17-24)29(45-20-23-14-8-6-9-15-23)32(52-53(42,43)26-19-13-12-18-25(26)37(38,39)40)35(47-21)49-28-22(2)46-34(44-5)31-30(28)50-36(3,4)51-31/h6-19,21-22,27-32,34-35H,20H2,1-5H3/t21-,22-,27-,28-,29+,30+,31+,32+,34+,35+/m0/s1. The summed E-state index contributed by atoms with van der Waals surface area (Å²) in [5, 5.41) is 0. The van der Waals surface area contributed by atoms with E-state index in [1.165, 1.54) is 19.2 Å². The Bertz CT molecular complexity index is 1810. The van der Waals surface area contributed by atoms with E-state index in [1.807, 2.05) is 0 Å². The quantitative estimate of drug-likeness (QED) is 0.177. The minimum atomic E-state index is -5.25. The molecule has 3 aliphatic heterocycles. The van der Waals surface area contributed by atoms with Gasteiger partial charge in [0, 0.05) is 7.11 Å². The van der Waals surface area contributed by atoms with Crippen LogP contribution >= 0.6 is 0 Å². The Balaban J connectivity index is 1.41. The second-order valence-electron chi connectivity index (χ2n) is 13.3. The fourth-order valence-electron chi connectivity index (χ4n) is 6.64. The number of hydrogen-bond donors (Lipinski definition) is 0. The molecule has 0 radical (unpaired) electrons. The van der Waals surface area contributed by atoms with Crippen molar-refractivity contribution >= 4 is 16.1 Å². The zero-order chi connectivity index (χ0) is 38.1. The first-order valence-corrected chi connectivity index (χ1v) is 18.3. The van der Waals surface area contributed by atoms with E-state index in [1.54, 1.807) is 76.2 Å². The number of carbonyl (C=O) groups excluding carboxylic acids is 1. The first-order chi connectivity index (χ1) is 25.1. The van der Waals surface area contributed by atoms with Crippen molar-refractivity contribution in [1.29, 1.82) is 0 Å². The zero-order valence-corrected chi connectivity index (χ0v) is 30.3. The average Bonchev–Trinajstić information content (AvgIpc) is 3.46. The monoisotopic (exact) mass is 766 g/mol. The van der Waals surface area contributed by atoms with E-state index in [0.29, 0.717) is 11.6 Å². The molecule has 0 unspecified atom stereocenters. The molecule has 6 rings (SSSR count). The van der Waals surface area contributed by atoms with Gasteiger partial charge < -0.3 is 37.9 Å². The van der Waals surface area contributed by atoms with Crippen molar-refractivity contribution in [3.05, 3.63) is 102 Å². The highest BCUT2D eigenvalue weighted by Crippen LogP contribution is 2.42. The molecule has 12 nitrogen and oxygen atoms in total. The van der Waals surface area contributed by atoms with Crippen LogP contribution in [0.25, 0.3) is 0 Å². The Labute approximate surface area is 305 Å². The first kappa shape index (κ1) is 39.2. The molecular formula is C37H41F3O12S. The summed E-state index contributed by atoms with van der Waals surface area (Å²) in [6.07, 6.45) is -16.7. The van der Waals surface area contributed by atoms with E-state index < -0.39 is 99.9 Å². The smallest absolute Gasteiger partial charge is 0.417 e. The molecule has 16 heteroatoms. The lowest BCUT2D eigenvalue weighted by molar-refractivity contribution is -0.339. The number of hydrogen-bond acceptors (Lipinski definition) is 12. The largest absolute Gasteiger partial charge is 0.453 e. The molecule has 3 saturated heterocycles. The molecule has 3 heterocycles. The van der Waals surface area contributed by atoms with Gasteiger partial charge in [0.25, 0.3) is 10.1 Å². The highest BCUT2D eigenvalue weighted by atomic mass is 32.2. The van der Waals surface area contributed by atoms with Gasteiger partial charge >= 0.3 is 12.1 Å². The number of esters is 1. The van der Waals surface area contributed by atoms with Crippen LogP contribution in [-0.2, 0) is 65.0 Å². The van der Waals surface area contributed by atoms with Crippen LogP contribution in [0.1, 0.15) is 49.2 Å². The molecule has 0 bridgehead atoms. The van der Waals surface area contributed by atoms with Crippen molar-refractivity contribution in [2.75, 3.05) is 7.11 Å². The fraction of sp³-hybridized carbons (Fsp3) is 0.486. The normalized spacial score (nSPS) is 31.5. The highest BCUT2D eigenvalue weighted by molar-refractivity contribution is 7.86. The van der Waals surface area contributed by atoms with Crippen LogP contribution in [0.5, 0.6) is 0 Å². The van der Waals surface area contributed by atoms with E-state index in [-0.39, 0.29) is 12.2 Å². The minimum Gasteiger partial charge on any atom is -0.453 e. The Morgan fingerprint density at radius 1 is 0.774 bits per heavy atom. The van der Waals surface area contributed by atoms with Crippen LogP contribution in [-0.4, -0.2) is 88.7 Å². The SMILES string of the molecule is CO[C@@H]1O[C@@H](C)[C@H](O[C@H]2O[C@@H](C)[C@H](OC(=O)c3ccccc3)[C@@H](OCc3ccccc3)[C@H]2OS(=O)(=O)c2ccccc2C(F)(F)F)[C@H]2OC(C)(C)O[C@@H]12. The Kier molecular flexibility index (Phi) is 11.6. The summed E-state index contributed by atoms with van der Waals surface area (Å²) in [6.45, 7) is 6.47. The van der Waals surface area contributed by atoms with E-state index in [9.17, 15) is 26.4 Å². The second kappa shape index (κ2) is 15.7. The zero-order valence-electron chi connectivity index (χ0n) is 29.5. The van der Waals surface area contributed by atoms with Gasteiger partial charge in [-0.25, -0.2) is 4.79 Å². The molecule has 0 N–H and O–H groups in total. The van der Waals surface area contributed by atoms with Gasteiger partial charge in [0.1, 0.15) is 29.3 Å². The predicted octanol–water partition coefficient (Wildman–Crippen LogP) is 5.63. The van der Waals surface area contributed by atoms with Gasteiger partial charge in [-0.15, -0.1) is 0 Å². The lowest BCUT2D eigenvalue weighted by Gasteiger charge is -2.47. The molecule has 288 valence electrons. The molecule has 3 fully saturated rings. The van der Waals surface area contributed by atoms with Gasteiger partial charge in [0.2, 0.25) is 0 Å². The van der Waals surface area contributed by atoms with Crippen molar-refractivity contribution in [3.8, 4) is 0 Å². The molecule has 0 spiro atoms. The summed E-state index contributed by atoms with van der Waals surface area (Å²) < 4.78 is 125. The molecule has 3 aromatic rings. The molecule has 0 saturated carbocycles. The van der Waals surface area contributed by atoms with E-state index in [4.69, 9.17) is 42.1 Å². The van der Waals surface area contributed by atoms with Crippen LogP contribution < -0.4 is 0 Å². The average molecular weight is 767 g/mol. The van der Waals surface area contributed by atoms with Gasteiger partial charge in [0.05, 0.1) is 29.9 Å². The number of carbonyl (C=O) groups is 1. The lowest BCUT2D eigenvalue weighted by Crippen LogP contribution is -2.64. The molecule has 3 aliphatic rings. The summed E-state index contributed by atoms with van der Waals surface area (Å²) in [5.74, 6) is -1.88. The topological polar surface area (TPSA) is 134 Å². The Morgan fingerprint density at radius 2 is 1.36 bits per heavy atom. The second-order valence-corrected chi connectivity index (χ2v) is 14.9. The summed E-state index contributed by atoms with van der Waals surface area (Å²) in [4.78, 5) is 12.3. The van der Waals surface area contributed by atoms with Crippen LogP contribution in [0.4, 0.5) is 13.2 Å². The van der Waals surface area contributed by atoms with Gasteiger partial charge in [-0.05, 0) is 57.5 Å². The summed E-state index contributed by atoms with van der Waals surface area (Å²) in [5.41, 5.74) is -0.613. The van der Waals surface area contributed by atoms with Crippen molar-refractivity contribution in [1.82, 2.24) is 0 Å². The van der Waals surface area contributed by atoms with Crippen molar-refractivity contribution < 1.29 is 68.5 Å². The van der Waals surface area contributed by atoms with Gasteiger partial charge in [0.15, 0.2) is 30.6 Å². The lowest BCUT2D eigenvalue weighted by atomic mass is 9.97. The summed E-state index contributed by atoms with van der Waals surface area (Å²) >= 11 is 0. The predicted molar refractivity (Wildman–Crippen MR) is 179 cm³/mol.